The lowest BCUT2D eigenvalue weighted by Gasteiger charge is -2.40. The van der Waals surface area contributed by atoms with Crippen LogP contribution in [0.3, 0.4) is 0 Å². The van der Waals surface area contributed by atoms with Crippen molar-refractivity contribution in [2.24, 2.45) is 0 Å². The Hall–Kier alpha value is -1.35. The van der Waals surface area contributed by atoms with Crippen molar-refractivity contribution in [2.75, 3.05) is 19.0 Å². The Kier molecular flexibility index (Phi) is 28.9. The van der Waals surface area contributed by atoms with Crippen molar-refractivity contribution in [1.82, 2.24) is 0 Å². The molecule has 1 unspecified atom stereocenters. The van der Waals surface area contributed by atoms with Crippen LogP contribution in [0.2, 0.25) is 0 Å². The molecule has 0 amide bonds. The van der Waals surface area contributed by atoms with E-state index in [2.05, 4.69) is 13.8 Å². The van der Waals surface area contributed by atoms with E-state index in [1.165, 1.54) is 103 Å². The van der Waals surface area contributed by atoms with Gasteiger partial charge in [0.15, 0.2) is 12.4 Å². The molecule has 1 aliphatic heterocycles. The number of ether oxygens (including phenoxy) is 4. The fraction of sp³-hybridized carbons (Fsp3) is 0.949. The molecule has 1 rings (SSSR count). The molecule has 308 valence electrons. The summed E-state index contributed by atoms with van der Waals surface area (Å²) in [5.41, 5.74) is 0. The number of unbranched alkanes of at least 4 members (excludes halogenated alkanes) is 22. The summed E-state index contributed by atoms with van der Waals surface area (Å²) in [7, 11) is -4.59. The number of carbonyl (C=O) groups is 2. The fourth-order valence-corrected chi connectivity index (χ4v) is 7.13. The fourth-order valence-electron chi connectivity index (χ4n) is 6.44. The molecule has 1 saturated heterocycles. The maximum Gasteiger partial charge on any atom is 0.306 e. The SMILES string of the molecule is CCCCCCCCCCCCCCCC(=O)OCC(CO[C@H]1O[C@H](CS(=O)(=O)O)[C@@H](O)[C@H](O)[C@@H]1O)OC(=O)CCCCCCCCCCCCC. The monoisotopic (exact) mass is 766 g/mol. The van der Waals surface area contributed by atoms with E-state index in [4.69, 9.17) is 18.9 Å². The maximum atomic E-state index is 12.7. The quantitative estimate of drug-likeness (QED) is 0.0291. The lowest BCUT2D eigenvalue weighted by molar-refractivity contribution is -0.297. The minimum absolute atomic E-state index is 0.171. The first-order valence-electron chi connectivity index (χ1n) is 20.6. The topological polar surface area (TPSA) is 186 Å². The Morgan fingerprint density at radius 1 is 0.577 bits per heavy atom. The number of hydrogen-bond acceptors (Lipinski definition) is 11. The Labute approximate surface area is 314 Å². The zero-order chi connectivity index (χ0) is 38.5. The lowest BCUT2D eigenvalue weighted by atomic mass is 10.00. The molecule has 1 aliphatic rings. The number of hydrogen-bond donors (Lipinski definition) is 4. The highest BCUT2D eigenvalue weighted by molar-refractivity contribution is 7.85. The van der Waals surface area contributed by atoms with Crippen LogP contribution < -0.4 is 0 Å². The summed E-state index contributed by atoms with van der Waals surface area (Å²) >= 11 is 0. The largest absolute Gasteiger partial charge is 0.462 e. The van der Waals surface area contributed by atoms with Gasteiger partial charge in [-0.25, -0.2) is 0 Å². The van der Waals surface area contributed by atoms with Crippen molar-refractivity contribution in [2.45, 2.75) is 218 Å². The van der Waals surface area contributed by atoms with E-state index in [9.17, 15) is 37.9 Å². The van der Waals surface area contributed by atoms with Gasteiger partial charge in [0, 0.05) is 12.8 Å². The van der Waals surface area contributed by atoms with E-state index in [1.807, 2.05) is 0 Å². The predicted molar refractivity (Wildman–Crippen MR) is 201 cm³/mol. The van der Waals surface area contributed by atoms with Gasteiger partial charge in [-0.2, -0.15) is 8.42 Å². The van der Waals surface area contributed by atoms with Gasteiger partial charge in [-0.05, 0) is 12.8 Å². The predicted octanol–water partition coefficient (Wildman–Crippen LogP) is 7.34. The van der Waals surface area contributed by atoms with E-state index in [1.54, 1.807) is 0 Å². The second-order valence-electron chi connectivity index (χ2n) is 14.7. The molecule has 0 aliphatic carbocycles. The Balaban J connectivity index is 2.49. The molecule has 0 aromatic rings. The number of esters is 2. The highest BCUT2D eigenvalue weighted by Gasteiger charge is 2.46. The summed E-state index contributed by atoms with van der Waals surface area (Å²) in [5, 5.41) is 30.8. The Bertz CT molecular complexity index is 994. The van der Waals surface area contributed by atoms with Crippen LogP contribution in [0.1, 0.15) is 181 Å². The summed E-state index contributed by atoms with van der Waals surface area (Å²) < 4.78 is 53.8. The third-order valence-corrected chi connectivity index (χ3v) is 10.4. The molecule has 4 N–H and O–H groups in total. The van der Waals surface area contributed by atoms with Gasteiger partial charge in [-0.3, -0.25) is 14.1 Å². The summed E-state index contributed by atoms with van der Waals surface area (Å²) in [6.07, 6.45) is 18.7. The van der Waals surface area contributed by atoms with Crippen LogP contribution >= 0.6 is 0 Å². The number of aliphatic hydroxyl groups is 3. The third kappa shape index (κ3) is 25.6. The van der Waals surface area contributed by atoms with E-state index in [0.29, 0.717) is 12.8 Å². The van der Waals surface area contributed by atoms with Crippen LogP contribution in [0.4, 0.5) is 0 Å². The van der Waals surface area contributed by atoms with Crippen molar-refractivity contribution >= 4 is 22.1 Å². The summed E-state index contributed by atoms with van der Waals surface area (Å²) in [5.74, 6) is -1.97. The zero-order valence-corrected chi connectivity index (χ0v) is 33.2. The Morgan fingerprint density at radius 3 is 1.40 bits per heavy atom. The summed E-state index contributed by atoms with van der Waals surface area (Å²) in [4.78, 5) is 25.2. The van der Waals surface area contributed by atoms with Crippen LogP contribution in [0.25, 0.3) is 0 Å². The molecule has 6 atom stereocenters. The van der Waals surface area contributed by atoms with Crippen LogP contribution in [0.15, 0.2) is 0 Å². The van der Waals surface area contributed by atoms with Crippen molar-refractivity contribution < 1.29 is 56.8 Å². The van der Waals surface area contributed by atoms with Crippen molar-refractivity contribution in [3.63, 3.8) is 0 Å². The molecule has 0 aromatic carbocycles. The number of rotatable bonds is 34. The van der Waals surface area contributed by atoms with Crippen LogP contribution in [0, 0.1) is 0 Å². The summed E-state index contributed by atoms with van der Waals surface area (Å²) in [6.45, 7) is 3.74. The molecular formula is C39H74O12S. The molecule has 1 heterocycles. The molecule has 13 heteroatoms. The van der Waals surface area contributed by atoms with Gasteiger partial charge in [-0.1, -0.05) is 155 Å². The normalized spacial score (nSPS) is 21.2. The molecule has 0 aromatic heterocycles. The number of aliphatic hydroxyl groups excluding tert-OH is 3. The van der Waals surface area contributed by atoms with Crippen LogP contribution in [-0.2, 0) is 38.7 Å². The van der Waals surface area contributed by atoms with Gasteiger partial charge in [0.1, 0.15) is 36.8 Å². The highest BCUT2D eigenvalue weighted by atomic mass is 32.2. The van der Waals surface area contributed by atoms with Gasteiger partial charge < -0.3 is 34.3 Å². The molecule has 12 nitrogen and oxygen atoms in total. The average Bonchev–Trinajstić information content (AvgIpc) is 3.10. The first-order valence-corrected chi connectivity index (χ1v) is 22.2. The zero-order valence-electron chi connectivity index (χ0n) is 32.4. The van der Waals surface area contributed by atoms with Crippen LogP contribution in [0.5, 0.6) is 0 Å². The number of carbonyl (C=O) groups excluding carboxylic acids is 2. The molecule has 0 bridgehead atoms. The van der Waals surface area contributed by atoms with E-state index < -0.39 is 71.2 Å². The third-order valence-electron chi connectivity index (χ3n) is 9.69. The minimum Gasteiger partial charge on any atom is -0.462 e. The van der Waals surface area contributed by atoms with E-state index >= 15 is 0 Å². The van der Waals surface area contributed by atoms with Crippen molar-refractivity contribution in [3.05, 3.63) is 0 Å². The van der Waals surface area contributed by atoms with Gasteiger partial charge in [0.05, 0.1) is 6.61 Å². The molecule has 0 saturated carbocycles. The van der Waals surface area contributed by atoms with E-state index in [-0.39, 0.29) is 19.4 Å². The molecular weight excluding hydrogens is 692 g/mol. The first-order chi connectivity index (χ1) is 25.0. The van der Waals surface area contributed by atoms with Crippen LogP contribution in [-0.4, -0.2) is 96.0 Å². The van der Waals surface area contributed by atoms with E-state index in [0.717, 1.165) is 38.5 Å². The minimum atomic E-state index is -4.59. The first kappa shape index (κ1) is 48.7. The average molecular weight is 767 g/mol. The molecule has 0 radical (unpaired) electrons. The second kappa shape index (κ2) is 30.9. The highest BCUT2D eigenvalue weighted by Crippen LogP contribution is 2.24. The van der Waals surface area contributed by atoms with Gasteiger partial charge >= 0.3 is 11.9 Å². The molecule has 0 spiro atoms. The van der Waals surface area contributed by atoms with Gasteiger partial charge in [0.2, 0.25) is 0 Å². The summed E-state index contributed by atoms with van der Waals surface area (Å²) in [6, 6.07) is 0. The Morgan fingerprint density at radius 2 is 0.981 bits per heavy atom. The second-order valence-corrected chi connectivity index (χ2v) is 16.2. The van der Waals surface area contributed by atoms with Crippen molar-refractivity contribution in [1.29, 1.82) is 0 Å². The standard InChI is InChI=1S/C39H74O12S/c1-3-5-7-9-11-13-15-16-18-19-21-23-25-27-34(40)48-29-32(50-35(41)28-26-24-22-20-17-14-12-10-8-6-4-2)30-49-39-38(44)37(43)36(42)33(51-39)31-52(45,46)47/h32-33,36-39,42-44H,3-31H2,1-2H3,(H,45,46,47)/t32?,33-,36-,37+,38+,39+/m1/s1. The molecule has 52 heavy (non-hydrogen) atoms. The molecule has 1 fully saturated rings. The van der Waals surface area contributed by atoms with Crippen molar-refractivity contribution in [3.8, 4) is 0 Å². The van der Waals surface area contributed by atoms with Gasteiger partial charge in [-0.15, -0.1) is 0 Å². The maximum absolute atomic E-state index is 12.7. The lowest BCUT2D eigenvalue weighted by Crippen LogP contribution is -2.60. The van der Waals surface area contributed by atoms with Gasteiger partial charge in [0.25, 0.3) is 10.1 Å². The smallest absolute Gasteiger partial charge is 0.306 e.